The second-order valence-corrected chi connectivity index (χ2v) is 6.50. The van der Waals surface area contributed by atoms with Crippen LogP contribution in [0, 0.1) is 0 Å². The third kappa shape index (κ3) is 3.16. The Morgan fingerprint density at radius 3 is 2.58 bits per heavy atom. The third-order valence-electron chi connectivity index (χ3n) is 4.19. The molecule has 0 saturated carbocycles. The van der Waals surface area contributed by atoms with Gasteiger partial charge in [0.2, 0.25) is 0 Å². The fourth-order valence-electron chi connectivity index (χ4n) is 2.83. The van der Waals surface area contributed by atoms with Crippen molar-refractivity contribution in [3.05, 3.63) is 40.3 Å². The molecule has 1 amide bonds. The van der Waals surface area contributed by atoms with Crippen LogP contribution in [0.4, 0.5) is 5.00 Å². The molecule has 2 aromatic rings. The van der Waals surface area contributed by atoms with Gasteiger partial charge in [-0.1, -0.05) is 12.1 Å². The number of nitrogens with zero attached hydrogens (tertiary/aromatic N) is 1. The molecule has 1 fully saturated rings. The zero-order valence-corrected chi connectivity index (χ0v) is 14.0. The van der Waals surface area contributed by atoms with Crippen molar-refractivity contribution in [2.24, 2.45) is 0 Å². The summed E-state index contributed by atoms with van der Waals surface area (Å²) in [4.78, 5) is 14.6. The molecule has 24 heavy (non-hydrogen) atoms. The van der Waals surface area contributed by atoms with Gasteiger partial charge in [-0.25, -0.2) is 0 Å². The van der Waals surface area contributed by atoms with Crippen molar-refractivity contribution in [2.75, 3.05) is 32.0 Å². The predicted molar refractivity (Wildman–Crippen MR) is 92.7 cm³/mol. The first-order chi connectivity index (χ1) is 11.7. The zero-order chi connectivity index (χ0) is 17.1. The smallest absolute Gasteiger partial charge is 0.257 e. The van der Waals surface area contributed by atoms with Crippen molar-refractivity contribution < 1.29 is 19.7 Å². The molecule has 0 spiro atoms. The van der Waals surface area contributed by atoms with E-state index in [2.05, 4.69) is 0 Å². The SMILES string of the molecule is Nc1scc(-c2ccc(CO)c(CO)c2)c1C(=O)N1CCOCC1. The van der Waals surface area contributed by atoms with Gasteiger partial charge in [0.15, 0.2) is 0 Å². The molecule has 1 aromatic carbocycles. The van der Waals surface area contributed by atoms with E-state index in [0.717, 1.165) is 11.1 Å². The summed E-state index contributed by atoms with van der Waals surface area (Å²) in [5.41, 5.74) is 9.44. The van der Waals surface area contributed by atoms with Gasteiger partial charge in [0.05, 0.1) is 37.0 Å². The topological polar surface area (TPSA) is 96.0 Å². The summed E-state index contributed by atoms with van der Waals surface area (Å²) in [6.45, 7) is 1.87. The molecule has 7 heteroatoms. The van der Waals surface area contributed by atoms with Crippen LogP contribution < -0.4 is 5.73 Å². The summed E-state index contributed by atoms with van der Waals surface area (Å²) in [5.74, 6) is -0.0937. The molecule has 1 aliphatic rings. The summed E-state index contributed by atoms with van der Waals surface area (Å²) in [6.07, 6.45) is 0. The van der Waals surface area contributed by atoms with Crippen LogP contribution >= 0.6 is 11.3 Å². The lowest BCUT2D eigenvalue weighted by Crippen LogP contribution is -2.40. The first-order valence-electron chi connectivity index (χ1n) is 7.73. The van der Waals surface area contributed by atoms with E-state index >= 15 is 0 Å². The van der Waals surface area contributed by atoms with Crippen LogP contribution in [0.3, 0.4) is 0 Å². The van der Waals surface area contributed by atoms with Crippen LogP contribution in [0.1, 0.15) is 21.5 Å². The number of aliphatic hydroxyl groups is 2. The molecule has 0 aliphatic carbocycles. The fourth-order valence-corrected chi connectivity index (χ4v) is 3.64. The molecule has 0 bridgehead atoms. The number of hydrogen-bond acceptors (Lipinski definition) is 6. The molecule has 0 atom stereocenters. The third-order valence-corrected chi connectivity index (χ3v) is 5.00. The van der Waals surface area contributed by atoms with Crippen LogP contribution in [0.5, 0.6) is 0 Å². The Bertz CT molecular complexity index is 738. The van der Waals surface area contributed by atoms with Gasteiger partial charge in [0.1, 0.15) is 0 Å². The average molecular weight is 348 g/mol. The first-order valence-corrected chi connectivity index (χ1v) is 8.61. The van der Waals surface area contributed by atoms with Crippen molar-refractivity contribution in [2.45, 2.75) is 13.2 Å². The average Bonchev–Trinajstić information content (AvgIpc) is 3.02. The highest BCUT2D eigenvalue weighted by Gasteiger charge is 2.25. The summed E-state index contributed by atoms with van der Waals surface area (Å²) in [5, 5.41) is 21.2. The Labute approximate surface area is 144 Å². The number of morpholine rings is 1. The van der Waals surface area contributed by atoms with Crippen LogP contribution in [-0.4, -0.2) is 47.3 Å². The Balaban J connectivity index is 1.99. The minimum absolute atomic E-state index is 0.0937. The summed E-state index contributed by atoms with van der Waals surface area (Å²) >= 11 is 1.33. The summed E-state index contributed by atoms with van der Waals surface area (Å²) in [6, 6.07) is 5.39. The highest BCUT2D eigenvalue weighted by Crippen LogP contribution is 2.35. The number of amides is 1. The number of ether oxygens (including phenoxy) is 1. The molecule has 128 valence electrons. The Hall–Kier alpha value is -1.93. The van der Waals surface area contributed by atoms with E-state index in [4.69, 9.17) is 10.5 Å². The molecule has 6 nitrogen and oxygen atoms in total. The summed E-state index contributed by atoms with van der Waals surface area (Å²) in [7, 11) is 0. The number of benzene rings is 1. The second-order valence-electron chi connectivity index (χ2n) is 5.59. The number of rotatable bonds is 4. The molecular formula is C17H20N2O4S. The van der Waals surface area contributed by atoms with Gasteiger partial charge in [-0.2, -0.15) is 0 Å². The van der Waals surface area contributed by atoms with Gasteiger partial charge >= 0.3 is 0 Å². The molecule has 1 aromatic heterocycles. The highest BCUT2D eigenvalue weighted by atomic mass is 32.1. The maximum absolute atomic E-state index is 12.9. The number of hydrogen-bond donors (Lipinski definition) is 3. The van der Waals surface area contributed by atoms with E-state index in [1.165, 1.54) is 11.3 Å². The lowest BCUT2D eigenvalue weighted by atomic mass is 9.98. The highest BCUT2D eigenvalue weighted by molar-refractivity contribution is 7.15. The largest absolute Gasteiger partial charge is 0.392 e. The van der Waals surface area contributed by atoms with Crippen molar-refractivity contribution in [1.82, 2.24) is 4.90 Å². The van der Waals surface area contributed by atoms with Gasteiger partial charge < -0.3 is 25.6 Å². The van der Waals surface area contributed by atoms with Gasteiger partial charge in [-0.3, -0.25) is 4.79 Å². The van der Waals surface area contributed by atoms with Gasteiger partial charge in [-0.05, 0) is 22.8 Å². The van der Waals surface area contributed by atoms with E-state index in [9.17, 15) is 15.0 Å². The number of carbonyl (C=O) groups is 1. The maximum atomic E-state index is 12.9. The molecule has 0 unspecified atom stereocenters. The number of anilines is 1. The first kappa shape index (κ1) is 16.9. The van der Waals surface area contributed by atoms with E-state index in [0.29, 0.717) is 48.0 Å². The molecule has 0 radical (unpaired) electrons. The maximum Gasteiger partial charge on any atom is 0.257 e. The molecule has 1 aliphatic heterocycles. The van der Waals surface area contributed by atoms with Crippen LogP contribution in [0.2, 0.25) is 0 Å². The van der Waals surface area contributed by atoms with E-state index in [1.54, 1.807) is 17.0 Å². The Morgan fingerprint density at radius 2 is 1.92 bits per heavy atom. The standard InChI is InChI=1S/C17H20N2O4S/c18-16-15(17(22)19-3-5-23-6-4-19)14(10-24-16)11-1-2-12(8-20)13(7-11)9-21/h1-2,7,10,20-21H,3-6,8-9,18H2. The summed E-state index contributed by atoms with van der Waals surface area (Å²) < 4.78 is 5.29. The minimum atomic E-state index is -0.171. The fraction of sp³-hybridized carbons (Fsp3) is 0.353. The van der Waals surface area contributed by atoms with Gasteiger partial charge in [0, 0.05) is 24.0 Å². The molecule has 1 saturated heterocycles. The van der Waals surface area contributed by atoms with Crippen molar-refractivity contribution in [3.63, 3.8) is 0 Å². The van der Waals surface area contributed by atoms with Gasteiger partial charge in [-0.15, -0.1) is 11.3 Å². The van der Waals surface area contributed by atoms with E-state index < -0.39 is 0 Å². The molecular weight excluding hydrogens is 328 g/mol. The normalized spacial score (nSPS) is 14.8. The zero-order valence-electron chi connectivity index (χ0n) is 13.2. The number of nitrogen functional groups attached to an aromatic ring is 1. The van der Waals surface area contributed by atoms with Gasteiger partial charge in [0.25, 0.3) is 5.91 Å². The minimum Gasteiger partial charge on any atom is -0.392 e. The number of thiophene rings is 1. The molecule has 3 rings (SSSR count). The van der Waals surface area contributed by atoms with E-state index in [1.807, 2.05) is 11.4 Å². The second kappa shape index (κ2) is 7.31. The lowest BCUT2D eigenvalue weighted by molar-refractivity contribution is 0.0304. The number of aliphatic hydroxyl groups excluding tert-OH is 2. The molecule has 2 heterocycles. The number of carbonyl (C=O) groups excluding carboxylic acids is 1. The quantitative estimate of drug-likeness (QED) is 0.777. The van der Waals surface area contributed by atoms with Crippen molar-refractivity contribution in [1.29, 1.82) is 0 Å². The predicted octanol–water partition coefficient (Wildman–Crippen LogP) is 1.45. The van der Waals surface area contributed by atoms with E-state index in [-0.39, 0.29) is 19.1 Å². The van der Waals surface area contributed by atoms with Crippen LogP contribution in [-0.2, 0) is 18.0 Å². The number of nitrogens with two attached hydrogens (primary N) is 1. The Kier molecular flexibility index (Phi) is 5.15. The molecule has 4 N–H and O–H groups in total. The van der Waals surface area contributed by atoms with Crippen LogP contribution in [0.15, 0.2) is 23.6 Å². The van der Waals surface area contributed by atoms with Crippen molar-refractivity contribution in [3.8, 4) is 11.1 Å². The Morgan fingerprint density at radius 1 is 1.21 bits per heavy atom. The lowest BCUT2D eigenvalue weighted by Gasteiger charge is -2.27. The van der Waals surface area contributed by atoms with Crippen molar-refractivity contribution >= 4 is 22.2 Å². The monoisotopic (exact) mass is 348 g/mol. The van der Waals surface area contributed by atoms with Crippen LogP contribution in [0.25, 0.3) is 11.1 Å².